The minimum absolute atomic E-state index is 1.03. The van der Waals surface area contributed by atoms with Crippen molar-refractivity contribution >= 4 is 23.1 Å². The topological polar surface area (TPSA) is 4.93 Å². The Bertz CT molecular complexity index is 690. The molecule has 17 heavy (non-hydrogen) atoms. The van der Waals surface area contributed by atoms with Gasteiger partial charge in [-0.05, 0) is 18.2 Å². The van der Waals surface area contributed by atoms with E-state index in [1.54, 1.807) is 0 Å². The summed E-state index contributed by atoms with van der Waals surface area (Å²) in [7, 11) is 6.72. The van der Waals surface area contributed by atoms with Crippen LogP contribution in [0.2, 0.25) is 0 Å². The average Bonchev–Trinajstić information content (AvgIpc) is 2.46. The van der Waals surface area contributed by atoms with E-state index in [1.807, 2.05) is 0 Å². The van der Waals surface area contributed by atoms with Gasteiger partial charge in [0.25, 0.3) is 0 Å². The van der Waals surface area contributed by atoms with Crippen LogP contribution >= 0.6 is 0 Å². The van der Waals surface area contributed by atoms with Crippen molar-refractivity contribution in [3.8, 4) is 0 Å². The van der Waals surface area contributed by atoms with E-state index in [0.29, 0.717) is 0 Å². The number of hydrogen-bond donors (Lipinski definition) is 0. The van der Waals surface area contributed by atoms with Crippen molar-refractivity contribution in [3.63, 3.8) is 0 Å². The summed E-state index contributed by atoms with van der Waals surface area (Å²) in [6.45, 7) is 2.19. The van der Waals surface area contributed by atoms with Gasteiger partial charge in [0, 0.05) is 23.2 Å². The molecule has 0 atom stereocenters. The van der Waals surface area contributed by atoms with Gasteiger partial charge in [0.15, 0.2) is 0 Å². The molecule has 2 aromatic rings. The summed E-state index contributed by atoms with van der Waals surface area (Å²) in [6, 6.07) is 8.67. The number of rotatable bonds is 0. The summed E-state index contributed by atoms with van der Waals surface area (Å²) >= 11 is 0. The number of fused-ring (bicyclic) bond motifs is 3. The van der Waals surface area contributed by atoms with Crippen LogP contribution in [0.25, 0.3) is 23.1 Å². The first-order chi connectivity index (χ1) is 8.08. The highest BCUT2D eigenvalue weighted by Crippen LogP contribution is 2.08. The average molecular weight is 227 g/mol. The normalized spacial score (nSPS) is 18.1. The molecule has 1 aliphatic heterocycles. The Morgan fingerprint density at radius 1 is 1.06 bits per heavy atom. The Labute approximate surface area is 102 Å². The number of benzene rings is 1. The van der Waals surface area contributed by atoms with Crippen LogP contribution in [0.3, 0.4) is 0 Å². The minimum Gasteiger partial charge on any atom is -0.344 e. The van der Waals surface area contributed by atoms with Crippen molar-refractivity contribution in [3.05, 3.63) is 34.8 Å². The molecule has 1 aromatic heterocycles. The summed E-state index contributed by atoms with van der Waals surface area (Å²) in [5.41, 5.74) is 1.33. The van der Waals surface area contributed by atoms with E-state index >= 15 is 0 Å². The van der Waals surface area contributed by atoms with Crippen molar-refractivity contribution in [2.24, 2.45) is 7.05 Å². The predicted molar refractivity (Wildman–Crippen MR) is 72.9 cm³/mol. The maximum absolute atomic E-state index is 2.39. The molecule has 3 rings (SSSR count). The van der Waals surface area contributed by atoms with Crippen LogP contribution < -0.4 is 10.6 Å². The quantitative estimate of drug-likeness (QED) is 0.588. The highest BCUT2D eigenvalue weighted by molar-refractivity contribution is 5.82. The number of quaternary nitrogens is 1. The molecule has 0 amide bonds. The van der Waals surface area contributed by atoms with E-state index in [9.17, 15) is 0 Å². The van der Waals surface area contributed by atoms with E-state index in [-0.39, 0.29) is 0 Å². The van der Waals surface area contributed by atoms with Gasteiger partial charge in [-0.2, -0.15) is 0 Å². The van der Waals surface area contributed by atoms with Crippen LogP contribution in [-0.4, -0.2) is 36.2 Å². The molecular weight excluding hydrogens is 208 g/mol. The second-order valence-electron chi connectivity index (χ2n) is 5.58. The van der Waals surface area contributed by atoms with Gasteiger partial charge in [0.1, 0.15) is 0 Å². The zero-order valence-corrected chi connectivity index (χ0v) is 10.8. The van der Waals surface area contributed by atoms with Crippen molar-refractivity contribution in [1.82, 2.24) is 4.57 Å². The van der Waals surface area contributed by atoms with Gasteiger partial charge in [-0.3, -0.25) is 0 Å². The SMILES string of the molecule is Cn1c2c(c3ccccc31)=CC[N+](C)(C)CC=2. The molecule has 0 saturated heterocycles. The molecule has 88 valence electrons. The van der Waals surface area contributed by atoms with Crippen LogP contribution in [-0.2, 0) is 7.05 Å². The number of hydrogen-bond acceptors (Lipinski definition) is 0. The molecule has 1 aromatic carbocycles. The number of aryl methyl sites for hydroxylation is 1. The van der Waals surface area contributed by atoms with Crippen molar-refractivity contribution in [2.75, 3.05) is 27.2 Å². The fraction of sp³-hybridized carbons (Fsp3) is 0.333. The maximum Gasteiger partial charge on any atom is 0.0995 e. The van der Waals surface area contributed by atoms with Gasteiger partial charge in [-0.1, -0.05) is 18.2 Å². The molecule has 1 aliphatic rings. The van der Waals surface area contributed by atoms with Gasteiger partial charge < -0.3 is 9.05 Å². The van der Waals surface area contributed by atoms with Crippen molar-refractivity contribution in [1.29, 1.82) is 0 Å². The molecule has 0 bridgehead atoms. The number of nitrogens with zero attached hydrogens (tertiary/aromatic N) is 2. The van der Waals surface area contributed by atoms with Gasteiger partial charge >= 0.3 is 0 Å². The molecule has 0 spiro atoms. The monoisotopic (exact) mass is 227 g/mol. The van der Waals surface area contributed by atoms with Crippen LogP contribution in [0.5, 0.6) is 0 Å². The molecule has 2 nitrogen and oxygen atoms in total. The summed E-state index contributed by atoms with van der Waals surface area (Å²) in [4.78, 5) is 0. The molecule has 0 fully saturated rings. The minimum atomic E-state index is 1.03. The van der Waals surface area contributed by atoms with Crippen LogP contribution in [0.4, 0.5) is 0 Å². The first-order valence-corrected chi connectivity index (χ1v) is 6.14. The molecule has 0 saturated carbocycles. The fourth-order valence-electron chi connectivity index (χ4n) is 2.65. The predicted octanol–water partition coefficient (Wildman–Crippen LogP) is 0.829. The third-order valence-electron chi connectivity index (χ3n) is 3.76. The lowest BCUT2D eigenvalue weighted by atomic mass is 10.2. The van der Waals surface area contributed by atoms with E-state index in [2.05, 4.69) is 62.1 Å². The zero-order chi connectivity index (χ0) is 12.0. The van der Waals surface area contributed by atoms with E-state index in [0.717, 1.165) is 17.6 Å². The van der Waals surface area contributed by atoms with E-state index in [4.69, 9.17) is 0 Å². The number of para-hydroxylation sites is 1. The maximum atomic E-state index is 2.39. The molecule has 0 aliphatic carbocycles. The number of aromatic nitrogens is 1. The van der Waals surface area contributed by atoms with Crippen molar-refractivity contribution < 1.29 is 4.48 Å². The third kappa shape index (κ3) is 1.60. The first kappa shape index (κ1) is 10.6. The Morgan fingerprint density at radius 2 is 1.76 bits per heavy atom. The summed E-state index contributed by atoms with van der Waals surface area (Å²) in [5, 5.41) is 4.16. The van der Waals surface area contributed by atoms with Gasteiger partial charge in [-0.25, -0.2) is 0 Å². The fourth-order valence-corrected chi connectivity index (χ4v) is 2.65. The van der Waals surface area contributed by atoms with Crippen LogP contribution in [0, 0.1) is 0 Å². The molecular formula is C15H19N2+. The zero-order valence-electron chi connectivity index (χ0n) is 10.8. The lowest BCUT2D eigenvalue weighted by Gasteiger charge is -2.25. The lowest BCUT2D eigenvalue weighted by molar-refractivity contribution is -0.873. The Morgan fingerprint density at radius 3 is 2.59 bits per heavy atom. The van der Waals surface area contributed by atoms with E-state index < -0.39 is 0 Å². The summed E-state index contributed by atoms with van der Waals surface area (Å²) in [6.07, 6.45) is 4.76. The second-order valence-corrected chi connectivity index (χ2v) is 5.58. The molecule has 0 radical (unpaired) electrons. The summed E-state index contributed by atoms with van der Waals surface area (Å²) < 4.78 is 3.34. The smallest absolute Gasteiger partial charge is 0.0995 e. The summed E-state index contributed by atoms with van der Waals surface area (Å²) in [5.74, 6) is 0. The van der Waals surface area contributed by atoms with Gasteiger partial charge in [0.2, 0.25) is 0 Å². The highest BCUT2D eigenvalue weighted by Gasteiger charge is 2.15. The Hall–Kier alpha value is -1.54. The Balaban J connectivity index is 2.43. The van der Waals surface area contributed by atoms with Crippen LogP contribution in [0.15, 0.2) is 24.3 Å². The van der Waals surface area contributed by atoms with Gasteiger partial charge in [0.05, 0.1) is 32.5 Å². The van der Waals surface area contributed by atoms with Gasteiger partial charge in [-0.15, -0.1) is 0 Å². The Kier molecular flexibility index (Phi) is 2.17. The third-order valence-corrected chi connectivity index (χ3v) is 3.76. The van der Waals surface area contributed by atoms with Crippen molar-refractivity contribution in [2.45, 2.75) is 0 Å². The highest BCUT2D eigenvalue weighted by atomic mass is 15.3. The first-order valence-electron chi connectivity index (χ1n) is 6.14. The lowest BCUT2D eigenvalue weighted by Crippen LogP contribution is -2.39. The molecule has 2 heteroatoms. The standard InChI is InChI=1S/C15H19N2/c1-16-14-7-5-4-6-12(14)13-8-10-17(2,3)11-9-15(13)16/h4-9H,10-11H2,1-3H3/q+1. The molecule has 0 N–H and O–H groups in total. The van der Waals surface area contributed by atoms with Crippen LogP contribution in [0.1, 0.15) is 0 Å². The molecule has 2 heterocycles. The molecule has 0 unspecified atom stereocenters. The second kappa shape index (κ2) is 3.47. The largest absolute Gasteiger partial charge is 0.344 e. The van der Waals surface area contributed by atoms with E-state index in [1.165, 1.54) is 21.5 Å².